The molecule has 2 aromatic carbocycles. The van der Waals surface area contributed by atoms with E-state index in [9.17, 15) is 23.6 Å². The van der Waals surface area contributed by atoms with E-state index in [1.54, 1.807) is 52.8 Å². The van der Waals surface area contributed by atoms with E-state index in [4.69, 9.17) is 25.8 Å². The maximum atomic E-state index is 13.7. The Bertz CT molecular complexity index is 1270. The number of benzene rings is 2. The maximum absolute atomic E-state index is 13.7. The lowest BCUT2D eigenvalue weighted by Gasteiger charge is -2.44. The smallest absolute Gasteiger partial charge is 0.408 e. The van der Waals surface area contributed by atoms with Gasteiger partial charge in [-0.1, -0.05) is 11.6 Å². The van der Waals surface area contributed by atoms with E-state index in [-0.39, 0.29) is 16.4 Å². The van der Waals surface area contributed by atoms with E-state index >= 15 is 0 Å². The monoisotopic (exact) mass is 548 g/mol. The number of carbonyl (C=O) groups is 4. The first-order valence-corrected chi connectivity index (χ1v) is 12.2. The SMILES string of the molecule is CC(=O)c1ccc2c(c1)[C@@H](NC(=O)c1ccc(F)c(Cl)c1)[C@H](OC(=O)NCC(=O)OC(C)(C)C)C(C)(C)O2. The van der Waals surface area contributed by atoms with Gasteiger partial charge in [-0.15, -0.1) is 0 Å². The molecule has 0 saturated heterocycles. The van der Waals surface area contributed by atoms with Gasteiger partial charge >= 0.3 is 12.1 Å². The largest absolute Gasteiger partial charge is 0.484 e. The summed E-state index contributed by atoms with van der Waals surface area (Å²) in [6.07, 6.45) is -2.07. The minimum atomic E-state index is -1.16. The zero-order valence-electron chi connectivity index (χ0n) is 21.9. The van der Waals surface area contributed by atoms with Gasteiger partial charge in [-0.25, -0.2) is 9.18 Å². The summed E-state index contributed by atoms with van der Waals surface area (Å²) in [5.74, 6) is -1.83. The van der Waals surface area contributed by atoms with Gasteiger partial charge in [-0.05, 0) is 77.9 Å². The topological polar surface area (TPSA) is 120 Å². The molecule has 2 N–H and O–H groups in total. The van der Waals surface area contributed by atoms with Crippen LogP contribution in [0.5, 0.6) is 5.75 Å². The molecule has 0 aliphatic carbocycles. The number of halogens is 2. The highest BCUT2D eigenvalue weighted by molar-refractivity contribution is 6.31. The van der Waals surface area contributed by atoms with E-state index < -0.39 is 53.7 Å². The number of rotatable bonds is 6. The number of ether oxygens (including phenoxy) is 3. The molecule has 0 aromatic heterocycles. The highest BCUT2D eigenvalue weighted by Gasteiger charge is 2.47. The third kappa shape index (κ3) is 7.00. The Labute approximate surface area is 225 Å². The van der Waals surface area contributed by atoms with E-state index in [0.29, 0.717) is 16.9 Å². The van der Waals surface area contributed by atoms with Crippen LogP contribution in [0.3, 0.4) is 0 Å². The molecule has 11 heteroatoms. The summed E-state index contributed by atoms with van der Waals surface area (Å²) in [6, 6.07) is 7.24. The first-order valence-electron chi connectivity index (χ1n) is 11.8. The fourth-order valence-corrected chi connectivity index (χ4v) is 4.09. The molecule has 3 rings (SSSR count). The number of Topliss-reactive ketones (excluding diaryl/α,β-unsaturated/α-hetero) is 1. The second kappa shape index (κ2) is 11.0. The van der Waals surface area contributed by atoms with Crippen molar-refractivity contribution in [1.29, 1.82) is 0 Å². The number of fused-ring (bicyclic) bond motifs is 1. The number of carbonyl (C=O) groups excluding carboxylic acids is 4. The van der Waals surface area contributed by atoms with Crippen molar-refractivity contribution >= 4 is 35.4 Å². The zero-order valence-corrected chi connectivity index (χ0v) is 22.7. The average molecular weight is 549 g/mol. The number of amides is 2. The van der Waals surface area contributed by atoms with E-state index in [0.717, 1.165) is 6.07 Å². The van der Waals surface area contributed by atoms with Crippen LogP contribution < -0.4 is 15.4 Å². The third-order valence-electron chi connectivity index (χ3n) is 5.61. The van der Waals surface area contributed by atoms with E-state index in [1.165, 1.54) is 19.1 Å². The lowest BCUT2D eigenvalue weighted by molar-refractivity contribution is -0.153. The molecule has 0 bridgehead atoms. The number of alkyl carbamates (subject to hydrolysis) is 1. The highest BCUT2D eigenvalue weighted by atomic mass is 35.5. The molecule has 0 fully saturated rings. The molecule has 204 valence electrons. The van der Waals surface area contributed by atoms with Gasteiger partial charge in [0.1, 0.15) is 29.3 Å². The Hall–Kier alpha value is -3.66. The van der Waals surface area contributed by atoms with Gasteiger partial charge in [-0.3, -0.25) is 14.4 Å². The van der Waals surface area contributed by atoms with Crippen LogP contribution in [-0.2, 0) is 14.3 Å². The van der Waals surface area contributed by atoms with Crippen LogP contribution in [0.1, 0.15) is 73.9 Å². The summed E-state index contributed by atoms with van der Waals surface area (Å²) in [6.45, 7) is 9.35. The highest BCUT2D eigenvalue weighted by Crippen LogP contribution is 2.42. The van der Waals surface area contributed by atoms with Crippen LogP contribution in [0.25, 0.3) is 0 Å². The van der Waals surface area contributed by atoms with Gasteiger partial charge in [0.05, 0.1) is 11.1 Å². The molecule has 1 heterocycles. The van der Waals surface area contributed by atoms with Crippen molar-refractivity contribution in [3.63, 3.8) is 0 Å². The predicted molar refractivity (Wildman–Crippen MR) is 137 cm³/mol. The Kier molecular flexibility index (Phi) is 8.36. The molecule has 0 radical (unpaired) electrons. The molecule has 1 aliphatic rings. The summed E-state index contributed by atoms with van der Waals surface area (Å²) in [7, 11) is 0. The number of ketones is 1. The summed E-state index contributed by atoms with van der Waals surface area (Å²) in [4.78, 5) is 50.0. The molecule has 2 atom stereocenters. The second-order valence-corrected chi connectivity index (χ2v) is 10.8. The molecule has 2 aromatic rings. The van der Waals surface area contributed by atoms with Crippen LogP contribution >= 0.6 is 11.6 Å². The van der Waals surface area contributed by atoms with Gasteiger partial charge < -0.3 is 24.8 Å². The van der Waals surface area contributed by atoms with Crippen molar-refractivity contribution in [3.05, 3.63) is 63.9 Å². The van der Waals surface area contributed by atoms with Gasteiger partial charge in [0, 0.05) is 16.7 Å². The first kappa shape index (κ1) is 28.9. The van der Waals surface area contributed by atoms with Crippen LogP contribution in [-0.4, -0.2) is 47.6 Å². The summed E-state index contributed by atoms with van der Waals surface area (Å²) >= 11 is 5.85. The minimum Gasteiger partial charge on any atom is -0.484 e. The van der Waals surface area contributed by atoms with Crippen LogP contribution in [0.15, 0.2) is 36.4 Å². The Morgan fingerprint density at radius 3 is 2.34 bits per heavy atom. The quantitative estimate of drug-likeness (QED) is 0.394. The number of hydrogen-bond donors (Lipinski definition) is 2. The normalized spacial score (nSPS) is 17.9. The Balaban J connectivity index is 1.93. The molecular weight excluding hydrogens is 519 g/mol. The van der Waals surface area contributed by atoms with Crippen molar-refractivity contribution in [2.75, 3.05) is 6.54 Å². The van der Waals surface area contributed by atoms with Crippen molar-refractivity contribution in [3.8, 4) is 5.75 Å². The lowest BCUT2D eigenvalue weighted by Crippen LogP contribution is -2.56. The molecule has 0 saturated carbocycles. The first-order chi connectivity index (χ1) is 17.6. The van der Waals surface area contributed by atoms with Crippen molar-refractivity contribution in [2.24, 2.45) is 0 Å². The van der Waals surface area contributed by atoms with E-state index in [2.05, 4.69) is 10.6 Å². The van der Waals surface area contributed by atoms with Gasteiger partial charge in [0.15, 0.2) is 11.9 Å². The molecule has 9 nitrogen and oxygen atoms in total. The fraction of sp³-hybridized carbons (Fsp3) is 0.407. The molecular formula is C27H30ClFN2O7. The minimum absolute atomic E-state index is 0.0677. The number of esters is 1. The number of hydrogen-bond acceptors (Lipinski definition) is 7. The number of nitrogens with one attached hydrogen (secondary N) is 2. The third-order valence-corrected chi connectivity index (χ3v) is 5.90. The summed E-state index contributed by atoms with van der Waals surface area (Å²) in [5, 5.41) is 4.91. The van der Waals surface area contributed by atoms with Gasteiger partial charge in [0.2, 0.25) is 0 Å². The van der Waals surface area contributed by atoms with Crippen molar-refractivity contribution in [2.45, 2.75) is 64.9 Å². The van der Waals surface area contributed by atoms with Crippen molar-refractivity contribution in [1.82, 2.24) is 10.6 Å². The molecule has 0 unspecified atom stereocenters. The van der Waals surface area contributed by atoms with Crippen LogP contribution in [0.2, 0.25) is 5.02 Å². The average Bonchev–Trinajstić information content (AvgIpc) is 2.79. The van der Waals surface area contributed by atoms with Gasteiger partial charge in [0.25, 0.3) is 5.91 Å². The maximum Gasteiger partial charge on any atom is 0.408 e. The summed E-state index contributed by atoms with van der Waals surface area (Å²) < 4.78 is 30.6. The van der Waals surface area contributed by atoms with Crippen molar-refractivity contribution < 1.29 is 37.8 Å². The standard InChI is InChI=1S/C27H30ClFN2O7/c1-14(32)15-8-10-20-17(11-15)22(31-24(34)16-7-9-19(29)18(28)12-16)23(27(5,6)37-20)36-25(35)30-13-21(33)38-26(2,3)4/h7-12,22-23H,13H2,1-6H3,(H,30,35)(H,31,34)/t22-,23+/m1/s1. The Morgan fingerprint density at radius 2 is 1.74 bits per heavy atom. The Morgan fingerprint density at radius 1 is 1.08 bits per heavy atom. The fourth-order valence-electron chi connectivity index (χ4n) is 3.91. The predicted octanol–water partition coefficient (Wildman–Crippen LogP) is 4.76. The molecule has 1 aliphatic heterocycles. The summed E-state index contributed by atoms with van der Waals surface area (Å²) in [5.41, 5.74) is -1.09. The van der Waals surface area contributed by atoms with Gasteiger partial charge in [-0.2, -0.15) is 0 Å². The van der Waals surface area contributed by atoms with E-state index in [1.807, 2.05) is 0 Å². The second-order valence-electron chi connectivity index (χ2n) is 10.4. The van der Waals surface area contributed by atoms with Crippen LogP contribution in [0.4, 0.5) is 9.18 Å². The zero-order chi connectivity index (χ0) is 28.4. The molecule has 2 amide bonds. The van der Waals surface area contributed by atoms with Crippen LogP contribution in [0, 0.1) is 5.82 Å². The molecule has 38 heavy (non-hydrogen) atoms. The molecule has 0 spiro atoms. The lowest BCUT2D eigenvalue weighted by atomic mass is 9.85.